The van der Waals surface area contributed by atoms with E-state index in [1.165, 1.54) is 5.56 Å². The van der Waals surface area contributed by atoms with Crippen LogP contribution in [0, 0.1) is 6.92 Å². The molecule has 1 aromatic carbocycles. The van der Waals surface area contributed by atoms with E-state index < -0.39 is 0 Å². The Morgan fingerprint density at radius 3 is 2.47 bits per heavy atom. The Kier molecular flexibility index (Phi) is 4.31. The van der Waals surface area contributed by atoms with Gasteiger partial charge < -0.3 is 11.5 Å². The van der Waals surface area contributed by atoms with Crippen molar-refractivity contribution in [1.82, 2.24) is 0 Å². The van der Waals surface area contributed by atoms with Crippen molar-refractivity contribution in [3.05, 3.63) is 35.4 Å². The lowest BCUT2D eigenvalue weighted by atomic mass is 10.0. The number of amides is 1. The summed E-state index contributed by atoms with van der Waals surface area (Å²) in [5.74, 6) is -0.258. The molecule has 82 valence electrons. The highest BCUT2D eigenvalue weighted by Gasteiger charge is 2.05. The van der Waals surface area contributed by atoms with E-state index in [-0.39, 0.29) is 11.9 Å². The molecule has 3 heteroatoms. The van der Waals surface area contributed by atoms with E-state index in [0.717, 1.165) is 18.4 Å². The normalized spacial score (nSPS) is 12.4. The van der Waals surface area contributed by atoms with Gasteiger partial charge in [-0.25, -0.2) is 0 Å². The fourth-order valence-corrected chi connectivity index (χ4v) is 1.48. The van der Waals surface area contributed by atoms with Gasteiger partial charge in [-0.1, -0.05) is 29.8 Å². The van der Waals surface area contributed by atoms with Crippen molar-refractivity contribution >= 4 is 5.91 Å². The second kappa shape index (κ2) is 5.51. The van der Waals surface area contributed by atoms with Crippen LogP contribution in [0.4, 0.5) is 0 Å². The number of carbonyl (C=O) groups excluding carboxylic acids is 1. The molecule has 15 heavy (non-hydrogen) atoms. The molecule has 0 fully saturated rings. The molecule has 0 aliphatic carbocycles. The molecule has 0 saturated heterocycles. The maximum atomic E-state index is 10.5. The third-order valence-electron chi connectivity index (χ3n) is 2.44. The number of primary amides is 1. The Bertz CT molecular complexity index is 319. The summed E-state index contributed by atoms with van der Waals surface area (Å²) in [5, 5.41) is 0. The summed E-state index contributed by atoms with van der Waals surface area (Å²) in [6, 6.07) is 8.16. The molecule has 0 aliphatic rings. The molecular weight excluding hydrogens is 188 g/mol. The molecule has 0 aliphatic heterocycles. The molecule has 0 bridgehead atoms. The molecule has 0 saturated carbocycles. The minimum absolute atomic E-state index is 0.00458. The Morgan fingerprint density at radius 1 is 1.33 bits per heavy atom. The minimum Gasteiger partial charge on any atom is -0.370 e. The lowest BCUT2D eigenvalue weighted by Crippen LogP contribution is -2.13. The van der Waals surface area contributed by atoms with Crippen LogP contribution in [0.5, 0.6) is 0 Å². The first-order valence-electron chi connectivity index (χ1n) is 5.20. The molecule has 4 N–H and O–H groups in total. The van der Waals surface area contributed by atoms with E-state index >= 15 is 0 Å². The molecule has 1 rings (SSSR count). The lowest BCUT2D eigenvalue weighted by molar-refractivity contribution is -0.118. The van der Waals surface area contributed by atoms with Gasteiger partial charge in [0.05, 0.1) is 0 Å². The van der Waals surface area contributed by atoms with Crippen molar-refractivity contribution in [1.29, 1.82) is 0 Å². The smallest absolute Gasteiger partial charge is 0.217 e. The van der Waals surface area contributed by atoms with Gasteiger partial charge in [-0.2, -0.15) is 0 Å². The van der Waals surface area contributed by atoms with Crippen LogP contribution in [0.2, 0.25) is 0 Å². The van der Waals surface area contributed by atoms with E-state index in [0.29, 0.717) is 6.42 Å². The van der Waals surface area contributed by atoms with E-state index in [1.54, 1.807) is 0 Å². The number of nitrogens with two attached hydrogens (primary N) is 2. The van der Waals surface area contributed by atoms with Gasteiger partial charge in [0, 0.05) is 12.5 Å². The van der Waals surface area contributed by atoms with Gasteiger partial charge in [0.1, 0.15) is 0 Å². The zero-order chi connectivity index (χ0) is 11.3. The second-order valence-electron chi connectivity index (χ2n) is 3.88. The highest BCUT2D eigenvalue weighted by molar-refractivity contribution is 5.73. The van der Waals surface area contributed by atoms with Gasteiger partial charge in [-0.15, -0.1) is 0 Å². The predicted octanol–water partition coefficient (Wildman–Crippen LogP) is 1.65. The standard InChI is InChI=1S/C12H18N2O/c1-9-5-7-10(8-6-9)11(13)3-2-4-12(14)15/h5-8,11H,2-4,13H2,1H3,(H2,14,15). The molecule has 0 heterocycles. The zero-order valence-electron chi connectivity index (χ0n) is 9.07. The summed E-state index contributed by atoms with van der Waals surface area (Å²) < 4.78 is 0. The predicted molar refractivity (Wildman–Crippen MR) is 61.2 cm³/mol. The number of aryl methyl sites for hydroxylation is 1. The first-order valence-corrected chi connectivity index (χ1v) is 5.20. The molecule has 0 spiro atoms. The van der Waals surface area contributed by atoms with Gasteiger partial charge in [0.15, 0.2) is 0 Å². The first-order chi connectivity index (χ1) is 7.09. The quantitative estimate of drug-likeness (QED) is 0.769. The third-order valence-corrected chi connectivity index (χ3v) is 2.44. The largest absolute Gasteiger partial charge is 0.370 e. The fourth-order valence-electron chi connectivity index (χ4n) is 1.48. The van der Waals surface area contributed by atoms with Crippen molar-refractivity contribution in [3.8, 4) is 0 Å². The number of rotatable bonds is 5. The van der Waals surface area contributed by atoms with Crippen LogP contribution in [-0.2, 0) is 4.79 Å². The van der Waals surface area contributed by atoms with Crippen LogP contribution in [0.3, 0.4) is 0 Å². The van der Waals surface area contributed by atoms with Crippen LogP contribution in [0.25, 0.3) is 0 Å². The topological polar surface area (TPSA) is 69.1 Å². The van der Waals surface area contributed by atoms with Crippen LogP contribution < -0.4 is 11.5 Å². The van der Waals surface area contributed by atoms with Crippen molar-refractivity contribution in [2.75, 3.05) is 0 Å². The van der Waals surface area contributed by atoms with Crippen LogP contribution in [0.15, 0.2) is 24.3 Å². The summed E-state index contributed by atoms with van der Waals surface area (Å²) in [7, 11) is 0. The minimum atomic E-state index is -0.258. The molecule has 3 nitrogen and oxygen atoms in total. The first kappa shape index (κ1) is 11.7. The van der Waals surface area contributed by atoms with Gasteiger partial charge >= 0.3 is 0 Å². The van der Waals surface area contributed by atoms with E-state index in [9.17, 15) is 4.79 Å². The molecule has 1 aromatic rings. The Balaban J connectivity index is 2.43. The van der Waals surface area contributed by atoms with E-state index in [2.05, 4.69) is 0 Å². The fraction of sp³-hybridized carbons (Fsp3) is 0.417. The summed E-state index contributed by atoms with van der Waals surface area (Å²) in [6.07, 6.45) is 1.97. The maximum absolute atomic E-state index is 10.5. The van der Waals surface area contributed by atoms with Crippen LogP contribution in [-0.4, -0.2) is 5.91 Å². The number of benzene rings is 1. The Labute approximate surface area is 90.5 Å². The summed E-state index contributed by atoms with van der Waals surface area (Å²) >= 11 is 0. The Hall–Kier alpha value is -1.35. The molecular formula is C12H18N2O. The van der Waals surface area contributed by atoms with Gasteiger partial charge in [0.2, 0.25) is 5.91 Å². The van der Waals surface area contributed by atoms with Crippen molar-refractivity contribution < 1.29 is 4.79 Å². The van der Waals surface area contributed by atoms with Gasteiger partial charge in [-0.05, 0) is 25.3 Å². The van der Waals surface area contributed by atoms with Crippen molar-refractivity contribution in [2.45, 2.75) is 32.2 Å². The number of carbonyl (C=O) groups is 1. The highest BCUT2D eigenvalue weighted by Crippen LogP contribution is 2.16. The highest BCUT2D eigenvalue weighted by atomic mass is 16.1. The van der Waals surface area contributed by atoms with Crippen LogP contribution in [0.1, 0.15) is 36.4 Å². The zero-order valence-corrected chi connectivity index (χ0v) is 9.07. The molecule has 1 amide bonds. The monoisotopic (exact) mass is 206 g/mol. The molecule has 0 radical (unpaired) electrons. The lowest BCUT2D eigenvalue weighted by Gasteiger charge is -2.11. The SMILES string of the molecule is Cc1ccc(C(N)CCCC(N)=O)cc1. The van der Waals surface area contributed by atoms with Crippen molar-refractivity contribution in [2.24, 2.45) is 11.5 Å². The molecule has 1 atom stereocenters. The maximum Gasteiger partial charge on any atom is 0.217 e. The summed E-state index contributed by atoms with van der Waals surface area (Å²) in [6.45, 7) is 2.04. The van der Waals surface area contributed by atoms with Gasteiger partial charge in [0.25, 0.3) is 0 Å². The summed E-state index contributed by atoms with van der Waals surface area (Å²) in [5.41, 5.74) is 13.4. The molecule has 0 aromatic heterocycles. The number of hydrogen-bond acceptors (Lipinski definition) is 2. The average molecular weight is 206 g/mol. The third kappa shape index (κ3) is 4.13. The number of hydrogen-bond donors (Lipinski definition) is 2. The Morgan fingerprint density at radius 2 is 1.93 bits per heavy atom. The van der Waals surface area contributed by atoms with E-state index in [1.807, 2.05) is 31.2 Å². The van der Waals surface area contributed by atoms with Crippen LogP contribution >= 0.6 is 0 Å². The van der Waals surface area contributed by atoms with Gasteiger partial charge in [-0.3, -0.25) is 4.79 Å². The van der Waals surface area contributed by atoms with E-state index in [4.69, 9.17) is 11.5 Å². The molecule has 1 unspecified atom stereocenters. The van der Waals surface area contributed by atoms with Crippen molar-refractivity contribution in [3.63, 3.8) is 0 Å². The summed E-state index contributed by atoms with van der Waals surface area (Å²) in [4.78, 5) is 10.5. The second-order valence-corrected chi connectivity index (χ2v) is 3.88. The average Bonchev–Trinajstić information content (AvgIpc) is 2.18.